The standard InChI is InChI=1S/C23H28N2O5S/c1-31(27,28)24-21-11-6-12-25(23(26)30-20-15-29-16-20)22(21)14-17-7-5-10-19(13-17)18-8-3-2-4-9-18/h2-5,7-10,13,20-22,24H,6,11-12,14-16H2,1H3. The number of nitrogens with one attached hydrogen (secondary N) is 1. The molecule has 0 spiro atoms. The lowest BCUT2D eigenvalue weighted by atomic mass is 9.90. The lowest BCUT2D eigenvalue weighted by Gasteiger charge is -2.41. The van der Waals surface area contributed by atoms with Gasteiger partial charge in [0.25, 0.3) is 0 Å². The summed E-state index contributed by atoms with van der Waals surface area (Å²) in [5, 5.41) is 0. The molecule has 2 aliphatic heterocycles. The molecule has 2 heterocycles. The lowest BCUT2D eigenvalue weighted by Crippen LogP contribution is -2.58. The molecule has 2 aromatic carbocycles. The third kappa shape index (κ3) is 5.64. The highest BCUT2D eigenvalue weighted by Crippen LogP contribution is 2.26. The summed E-state index contributed by atoms with van der Waals surface area (Å²) in [5.41, 5.74) is 3.24. The molecule has 0 radical (unpaired) electrons. The van der Waals surface area contributed by atoms with E-state index in [2.05, 4.69) is 29.0 Å². The molecule has 2 fully saturated rings. The van der Waals surface area contributed by atoms with Crippen molar-refractivity contribution in [1.29, 1.82) is 0 Å². The molecule has 1 N–H and O–H groups in total. The van der Waals surface area contributed by atoms with Gasteiger partial charge in [0.15, 0.2) is 6.10 Å². The van der Waals surface area contributed by atoms with Crippen molar-refractivity contribution < 1.29 is 22.7 Å². The van der Waals surface area contributed by atoms with Crippen molar-refractivity contribution in [1.82, 2.24) is 9.62 Å². The molecule has 166 valence electrons. The first-order chi connectivity index (χ1) is 14.9. The number of hydrogen-bond acceptors (Lipinski definition) is 5. The summed E-state index contributed by atoms with van der Waals surface area (Å²) in [7, 11) is -3.41. The van der Waals surface area contributed by atoms with Gasteiger partial charge in [-0.3, -0.25) is 0 Å². The average Bonchev–Trinajstić information content (AvgIpc) is 2.71. The third-order valence-electron chi connectivity index (χ3n) is 5.73. The van der Waals surface area contributed by atoms with Crippen LogP contribution in [-0.2, 0) is 25.9 Å². The zero-order valence-electron chi connectivity index (χ0n) is 17.6. The first kappa shape index (κ1) is 21.8. The van der Waals surface area contributed by atoms with E-state index in [0.717, 1.165) is 22.9 Å². The number of amides is 1. The number of ether oxygens (including phenoxy) is 2. The molecule has 2 atom stereocenters. The number of sulfonamides is 1. The number of likely N-dealkylation sites (tertiary alicyclic amines) is 1. The average molecular weight is 445 g/mol. The van der Waals surface area contributed by atoms with Gasteiger partial charge >= 0.3 is 6.09 Å². The van der Waals surface area contributed by atoms with Crippen molar-refractivity contribution >= 4 is 16.1 Å². The maximum absolute atomic E-state index is 12.9. The number of piperidine rings is 1. The Bertz CT molecular complexity index is 1010. The molecule has 4 rings (SSSR count). The molecule has 0 bridgehead atoms. The van der Waals surface area contributed by atoms with Crippen molar-refractivity contribution in [2.45, 2.75) is 37.5 Å². The van der Waals surface area contributed by atoms with E-state index in [1.54, 1.807) is 4.90 Å². The molecular formula is C23H28N2O5S. The van der Waals surface area contributed by atoms with Crippen LogP contribution in [-0.4, -0.2) is 63.6 Å². The second-order valence-corrected chi connectivity index (χ2v) is 9.99. The molecule has 2 aliphatic rings. The molecule has 1 amide bonds. The molecular weight excluding hydrogens is 416 g/mol. The van der Waals surface area contributed by atoms with Crippen LogP contribution in [0, 0.1) is 0 Å². The zero-order chi connectivity index (χ0) is 21.8. The lowest BCUT2D eigenvalue weighted by molar-refractivity contribution is -0.108. The molecule has 0 aliphatic carbocycles. The highest BCUT2D eigenvalue weighted by Gasteiger charge is 2.38. The molecule has 0 aromatic heterocycles. The van der Waals surface area contributed by atoms with Gasteiger partial charge < -0.3 is 14.4 Å². The minimum atomic E-state index is -3.41. The molecule has 7 nitrogen and oxygen atoms in total. The Hall–Kier alpha value is -2.42. The Morgan fingerprint density at radius 3 is 2.55 bits per heavy atom. The monoisotopic (exact) mass is 444 g/mol. The number of carbonyl (C=O) groups is 1. The van der Waals surface area contributed by atoms with Crippen LogP contribution in [0.2, 0.25) is 0 Å². The Balaban J connectivity index is 1.58. The minimum Gasteiger partial charge on any atom is -0.441 e. The minimum absolute atomic E-state index is 0.224. The Labute approximate surface area is 183 Å². The van der Waals surface area contributed by atoms with Gasteiger partial charge in [-0.1, -0.05) is 54.6 Å². The van der Waals surface area contributed by atoms with Crippen molar-refractivity contribution in [3.63, 3.8) is 0 Å². The zero-order valence-corrected chi connectivity index (χ0v) is 18.4. The summed E-state index contributed by atoms with van der Waals surface area (Å²) < 4.78 is 37.4. The van der Waals surface area contributed by atoms with Crippen molar-refractivity contribution in [2.24, 2.45) is 0 Å². The quantitative estimate of drug-likeness (QED) is 0.741. The van der Waals surface area contributed by atoms with Crippen LogP contribution in [0.15, 0.2) is 54.6 Å². The summed E-state index contributed by atoms with van der Waals surface area (Å²) in [6, 6.07) is 17.5. The van der Waals surface area contributed by atoms with Crippen LogP contribution in [0.1, 0.15) is 18.4 Å². The van der Waals surface area contributed by atoms with Gasteiger partial charge in [0, 0.05) is 12.6 Å². The van der Waals surface area contributed by atoms with Crippen molar-refractivity contribution in [3.8, 4) is 11.1 Å². The van der Waals surface area contributed by atoms with Crippen molar-refractivity contribution in [3.05, 3.63) is 60.2 Å². The second-order valence-electron chi connectivity index (χ2n) is 8.21. The fourth-order valence-electron chi connectivity index (χ4n) is 4.19. The fraction of sp³-hybridized carbons (Fsp3) is 0.435. The van der Waals surface area contributed by atoms with Gasteiger partial charge in [0.1, 0.15) is 0 Å². The third-order valence-corrected chi connectivity index (χ3v) is 6.46. The van der Waals surface area contributed by atoms with E-state index >= 15 is 0 Å². The van der Waals surface area contributed by atoms with Gasteiger partial charge in [0.2, 0.25) is 10.0 Å². The predicted molar refractivity (Wildman–Crippen MR) is 118 cm³/mol. The summed E-state index contributed by atoms with van der Waals surface area (Å²) >= 11 is 0. The number of carbonyl (C=O) groups excluding carboxylic acids is 1. The van der Waals surface area contributed by atoms with E-state index in [0.29, 0.717) is 39.0 Å². The Morgan fingerprint density at radius 2 is 1.87 bits per heavy atom. The molecule has 2 saturated heterocycles. The summed E-state index contributed by atoms with van der Waals surface area (Å²) in [5.74, 6) is 0. The summed E-state index contributed by atoms with van der Waals surface area (Å²) in [4.78, 5) is 14.6. The number of rotatable bonds is 6. The summed E-state index contributed by atoms with van der Waals surface area (Å²) in [6.07, 6.45) is 2.44. The predicted octanol–water partition coefficient (Wildman–Crippen LogP) is 2.81. The van der Waals surface area contributed by atoms with Crippen molar-refractivity contribution in [2.75, 3.05) is 26.0 Å². The number of hydrogen-bond donors (Lipinski definition) is 1. The number of nitrogens with zero attached hydrogens (tertiary/aromatic N) is 1. The van der Waals surface area contributed by atoms with Crippen LogP contribution >= 0.6 is 0 Å². The SMILES string of the molecule is CS(=O)(=O)NC1CCCN(C(=O)OC2COC2)C1Cc1cccc(-c2ccccc2)c1. The first-order valence-electron chi connectivity index (χ1n) is 10.6. The maximum atomic E-state index is 12.9. The van der Waals surface area contributed by atoms with Gasteiger partial charge in [-0.25, -0.2) is 17.9 Å². The highest BCUT2D eigenvalue weighted by atomic mass is 32.2. The maximum Gasteiger partial charge on any atom is 0.410 e. The van der Waals surface area contributed by atoms with E-state index < -0.39 is 16.1 Å². The highest BCUT2D eigenvalue weighted by molar-refractivity contribution is 7.88. The van der Waals surface area contributed by atoms with Crippen LogP contribution in [0.5, 0.6) is 0 Å². The van der Waals surface area contributed by atoms with E-state index in [1.165, 1.54) is 0 Å². The van der Waals surface area contributed by atoms with E-state index in [9.17, 15) is 13.2 Å². The summed E-state index contributed by atoms with van der Waals surface area (Å²) in [6.45, 7) is 1.36. The largest absolute Gasteiger partial charge is 0.441 e. The normalized spacial score (nSPS) is 22.0. The molecule has 0 saturated carbocycles. The smallest absolute Gasteiger partial charge is 0.410 e. The van der Waals surface area contributed by atoms with E-state index in [1.807, 2.05) is 30.3 Å². The molecule has 31 heavy (non-hydrogen) atoms. The van der Waals surface area contributed by atoms with Crippen LogP contribution < -0.4 is 4.72 Å². The van der Waals surface area contributed by atoms with Crippen LogP contribution in [0.25, 0.3) is 11.1 Å². The Kier molecular flexibility index (Phi) is 6.60. The molecule has 2 unspecified atom stereocenters. The molecule has 2 aromatic rings. The van der Waals surface area contributed by atoms with Gasteiger partial charge in [-0.05, 0) is 36.0 Å². The van der Waals surface area contributed by atoms with E-state index in [4.69, 9.17) is 9.47 Å². The van der Waals surface area contributed by atoms with E-state index in [-0.39, 0.29) is 18.2 Å². The molecule has 8 heteroatoms. The van der Waals surface area contributed by atoms with Crippen LogP contribution in [0.4, 0.5) is 4.79 Å². The fourth-order valence-corrected chi connectivity index (χ4v) is 5.02. The van der Waals surface area contributed by atoms with Gasteiger partial charge in [0.05, 0.1) is 25.5 Å². The van der Waals surface area contributed by atoms with Gasteiger partial charge in [-0.2, -0.15) is 0 Å². The van der Waals surface area contributed by atoms with Crippen LogP contribution in [0.3, 0.4) is 0 Å². The first-order valence-corrected chi connectivity index (χ1v) is 12.4. The second kappa shape index (κ2) is 9.38. The topological polar surface area (TPSA) is 84.9 Å². The Morgan fingerprint density at radius 1 is 1.13 bits per heavy atom. The van der Waals surface area contributed by atoms with Gasteiger partial charge in [-0.15, -0.1) is 0 Å². The number of benzene rings is 2.